The number of hydrogen-bond acceptors (Lipinski definition) is 3. The predicted octanol–water partition coefficient (Wildman–Crippen LogP) is 2.04. The van der Waals surface area contributed by atoms with Crippen LogP contribution in [0.5, 0.6) is 5.75 Å². The monoisotopic (exact) mass is 230 g/mol. The SMILES string of the molecule is CC1c2ncccc2O[C@@H]2CCN3CC[C@]12C3. The second-order valence-corrected chi connectivity index (χ2v) is 5.76. The summed E-state index contributed by atoms with van der Waals surface area (Å²) >= 11 is 0. The van der Waals surface area contributed by atoms with Crippen molar-refractivity contribution in [2.24, 2.45) is 5.41 Å². The Morgan fingerprint density at radius 2 is 2.41 bits per heavy atom. The number of nitrogens with zero attached hydrogens (tertiary/aromatic N) is 2. The Hall–Kier alpha value is -1.09. The van der Waals surface area contributed by atoms with Crippen LogP contribution < -0.4 is 4.74 Å². The summed E-state index contributed by atoms with van der Waals surface area (Å²) in [5.41, 5.74) is 1.51. The zero-order chi connectivity index (χ0) is 11.5. The number of pyridine rings is 1. The largest absolute Gasteiger partial charge is 0.488 e. The van der Waals surface area contributed by atoms with Gasteiger partial charge >= 0.3 is 0 Å². The summed E-state index contributed by atoms with van der Waals surface area (Å²) < 4.78 is 6.24. The maximum absolute atomic E-state index is 6.24. The lowest BCUT2D eigenvalue weighted by atomic mass is 9.66. The van der Waals surface area contributed by atoms with Gasteiger partial charge in [-0.1, -0.05) is 6.92 Å². The first-order valence-electron chi connectivity index (χ1n) is 6.63. The molecule has 4 heterocycles. The van der Waals surface area contributed by atoms with Gasteiger partial charge < -0.3 is 9.64 Å². The quantitative estimate of drug-likeness (QED) is 0.682. The van der Waals surface area contributed by atoms with E-state index in [1.807, 2.05) is 12.3 Å². The Morgan fingerprint density at radius 3 is 3.35 bits per heavy atom. The molecule has 1 spiro atoms. The molecule has 0 N–H and O–H groups in total. The van der Waals surface area contributed by atoms with Gasteiger partial charge in [-0.15, -0.1) is 0 Å². The van der Waals surface area contributed by atoms with Crippen molar-refractivity contribution in [3.63, 3.8) is 0 Å². The van der Waals surface area contributed by atoms with Crippen LogP contribution in [-0.2, 0) is 0 Å². The maximum atomic E-state index is 6.24. The molecular formula is C14H18N2O. The number of rotatable bonds is 0. The lowest BCUT2D eigenvalue weighted by molar-refractivity contribution is -0.0196. The molecule has 17 heavy (non-hydrogen) atoms. The highest BCUT2D eigenvalue weighted by Crippen LogP contribution is 2.54. The predicted molar refractivity (Wildman–Crippen MR) is 65.2 cm³/mol. The zero-order valence-electron chi connectivity index (χ0n) is 10.2. The summed E-state index contributed by atoms with van der Waals surface area (Å²) in [5.74, 6) is 1.55. The Bertz CT molecular complexity index is 461. The minimum Gasteiger partial charge on any atom is -0.488 e. The van der Waals surface area contributed by atoms with Crippen molar-refractivity contribution in [1.29, 1.82) is 0 Å². The molecule has 90 valence electrons. The third kappa shape index (κ3) is 1.18. The molecule has 2 bridgehead atoms. The van der Waals surface area contributed by atoms with E-state index in [1.165, 1.54) is 38.2 Å². The molecule has 0 saturated carbocycles. The van der Waals surface area contributed by atoms with E-state index in [2.05, 4.69) is 22.9 Å². The second kappa shape index (κ2) is 3.22. The Kier molecular flexibility index (Phi) is 1.88. The molecular weight excluding hydrogens is 212 g/mol. The van der Waals surface area contributed by atoms with Crippen LogP contribution >= 0.6 is 0 Å². The fourth-order valence-electron chi connectivity index (χ4n) is 4.04. The van der Waals surface area contributed by atoms with E-state index in [4.69, 9.17) is 4.74 Å². The molecule has 4 rings (SSSR count). The molecule has 2 fully saturated rings. The van der Waals surface area contributed by atoms with Crippen LogP contribution in [0.4, 0.5) is 0 Å². The standard InChI is InChI=1S/C14H18N2O/c1-10-13-11(3-2-6-15-13)17-12-4-7-16-8-5-14(10,12)9-16/h2-3,6,10,12H,4-5,7-9H2,1H3/t10?,12-,14+/m1/s1. The fraction of sp³-hybridized carbons (Fsp3) is 0.643. The van der Waals surface area contributed by atoms with Crippen LogP contribution in [0, 0.1) is 5.41 Å². The third-order valence-corrected chi connectivity index (χ3v) is 5.10. The topological polar surface area (TPSA) is 25.4 Å². The molecule has 0 aliphatic carbocycles. The van der Waals surface area contributed by atoms with Gasteiger partial charge in [-0.05, 0) is 31.5 Å². The van der Waals surface area contributed by atoms with Gasteiger partial charge in [0, 0.05) is 30.6 Å². The first kappa shape index (κ1) is 9.89. The van der Waals surface area contributed by atoms with Crippen molar-refractivity contribution in [2.45, 2.75) is 31.8 Å². The number of fused-ring (bicyclic) bond motifs is 2. The first-order valence-corrected chi connectivity index (χ1v) is 6.63. The van der Waals surface area contributed by atoms with Crippen LogP contribution in [0.15, 0.2) is 18.3 Å². The van der Waals surface area contributed by atoms with E-state index >= 15 is 0 Å². The molecule has 0 amide bonds. The lowest BCUT2D eigenvalue weighted by Crippen LogP contribution is -2.52. The lowest BCUT2D eigenvalue weighted by Gasteiger charge is -2.48. The molecule has 4 atom stereocenters. The summed E-state index contributed by atoms with van der Waals surface area (Å²) in [6.45, 7) is 5.99. The molecule has 0 aromatic carbocycles. The minimum atomic E-state index is 0.333. The molecule has 0 radical (unpaired) electrons. The van der Waals surface area contributed by atoms with Crippen molar-refractivity contribution >= 4 is 0 Å². The second-order valence-electron chi connectivity index (χ2n) is 5.76. The molecule has 3 aliphatic rings. The average molecular weight is 230 g/mol. The van der Waals surface area contributed by atoms with E-state index < -0.39 is 0 Å². The van der Waals surface area contributed by atoms with Crippen molar-refractivity contribution in [3.05, 3.63) is 24.0 Å². The fourth-order valence-corrected chi connectivity index (χ4v) is 4.04. The van der Waals surface area contributed by atoms with Crippen LogP contribution in [-0.4, -0.2) is 35.6 Å². The number of hydrogen-bond donors (Lipinski definition) is 0. The van der Waals surface area contributed by atoms with Crippen molar-refractivity contribution in [2.75, 3.05) is 19.6 Å². The van der Waals surface area contributed by atoms with E-state index in [0.717, 1.165) is 5.75 Å². The van der Waals surface area contributed by atoms with Crippen LogP contribution in [0.1, 0.15) is 31.4 Å². The summed E-state index contributed by atoms with van der Waals surface area (Å²) in [4.78, 5) is 7.15. The van der Waals surface area contributed by atoms with Crippen LogP contribution in [0.2, 0.25) is 0 Å². The molecule has 1 aromatic heterocycles. The van der Waals surface area contributed by atoms with Gasteiger partial charge in [0.05, 0.1) is 5.69 Å². The molecule has 2 saturated heterocycles. The van der Waals surface area contributed by atoms with Crippen molar-refractivity contribution < 1.29 is 4.74 Å². The minimum absolute atomic E-state index is 0.333. The van der Waals surface area contributed by atoms with Gasteiger partial charge in [0.15, 0.2) is 0 Å². The summed E-state index contributed by atoms with van der Waals surface area (Å²) in [6.07, 6.45) is 4.76. The molecule has 3 heteroatoms. The highest BCUT2D eigenvalue weighted by atomic mass is 16.5. The van der Waals surface area contributed by atoms with E-state index in [0.29, 0.717) is 17.4 Å². The summed E-state index contributed by atoms with van der Waals surface area (Å²) in [6, 6.07) is 4.06. The Morgan fingerprint density at radius 1 is 1.47 bits per heavy atom. The Labute approximate surface area is 102 Å². The third-order valence-electron chi connectivity index (χ3n) is 5.10. The van der Waals surface area contributed by atoms with Gasteiger partial charge in [-0.3, -0.25) is 4.98 Å². The van der Waals surface area contributed by atoms with E-state index in [1.54, 1.807) is 0 Å². The van der Waals surface area contributed by atoms with Gasteiger partial charge in [-0.25, -0.2) is 0 Å². The van der Waals surface area contributed by atoms with E-state index in [9.17, 15) is 0 Å². The van der Waals surface area contributed by atoms with E-state index in [-0.39, 0.29) is 0 Å². The van der Waals surface area contributed by atoms with Gasteiger partial charge in [-0.2, -0.15) is 0 Å². The van der Waals surface area contributed by atoms with Gasteiger partial charge in [0.1, 0.15) is 11.9 Å². The summed E-state index contributed by atoms with van der Waals surface area (Å²) in [5, 5.41) is 0. The highest BCUT2D eigenvalue weighted by molar-refractivity contribution is 5.36. The number of ether oxygens (including phenoxy) is 1. The Balaban J connectivity index is 1.84. The first-order chi connectivity index (χ1) is 8.29. The number of piperidine rings is 1. The van der Waals surface area contributed by atoms with Gasteiger partial charge in [0.25, 0.3) is 0 Å². The normalized spacial score (nSPS) is 42.5. The molecule has 3 aliphatic heterocycles. The number of aromatic nitrogens is 1. The van der Waals surface area contributed by atoms with Crippen LogP contribution in [0.25, 0.3) is 0 Å². The summed E-state index contributed by atoms with van der Waals surface area (Å²) in [7, 11) is 0. The smallest absolute Gasteiger partial charge is 0.141 e. The average Bonchev–Trinajstić information content (AvgIpc) is 2.71. The van der Waals surface area contributed by atoms with Crippen LogP contribution in [0.3, 0.4) is 0 Å². The maximum Gasteiger partial charge on any atom is 0.141 e. The van der Waals surface area contributed by atoms with Gasteiger partial charge in [0.2, 0.25) is 0 Å². The molecule has 3 nitrogen and oxygen atoms in total. The molecule has 2 unspecified atom stereocenters. The molecule has 1 aromatic rings. The van der Waals surface area contributed by atoms with Crippen molar-refractivity contribution in [3.8, 4) is 5.75 Å². The zero-order valence-corrected chi connectivity index (χ0v) is 10.2. The van der Waals surface area contributed by atoms with Crippen molar-refractivity contribution in [1.82, 2.24) is 9.88 Å². The highest BCUT2D eigenvalue weighted by Gasteiger charge is 2.55.